The summed E-state index contributed by atoms with van der Waals surface area (Å²) in [4.78, 5) is 43.8. The zero-order valence-corrected chi connectivity index (χ0v) is 31.7. The van der Waals surface area contributed by atoms with Gasteiger partial charge in [0.1, 0.15) is 5.82 Å². The minimum absolute atomic E-state index is 0.150. The van der Waals surface area contributed by atoms with Crippen molar-refractivity contribution in [1.29, 1.82) is 0 Å². The summed E-state index contributed by atoms with van der Waals surface area (Å²) in [6.45, 7) is 7.61. The van der Waals surface area contributed by atoms with Crippen molar-refractivity contribution in [3.8, 4) is 21.4 Å². The molecule has 0 aliphatic rings. The third-order valence-electron chi connectivity index (χ3n) is 7.62. The van der Waals surface area contributed by atoms with Crippen LogP contribution in [0.25, 0.3) is 26.2 Å². The van der Waals surface area contributed by atoms with Gasteiger partial charge in [-0.2, -0.15) is 46.5 Å². The highest BCUT2D eigenvalue weighted by atomic mass is 32.1. The maximum atomic E-state index is 12.7. The molecule has 0 aliphatic carbocycles. The molecule has 0 atom stereocenters. The van der Waals surface area contributed by atoms with E-state index in [1.807, 2.05) is 0 Å². The highest BCUT2D eigenvalue weighted by molar-refractivity contribution is 7.15. The van der Waals surface area contributed by atoms with Crippen molar-refractivity contribution < 1.29 is 40.2 Å². The second-order valence-electron chi connectivity index (χ2n) is 11.7. The van der Waals surface area contributed by atoms with Gasteiger partial charge in [-0.25, -0.2) is 14.8 Å². The molecule has 0 aromatic carbocycles. The molecule has 8 aromatic heterocycles. The van der Waals surface area contributed by atoms with Crippen molar-refractivity contribution in [2.75, 3.05) is 9.80 Å². The van der Waals surface area contributed by atoms with Crippen molar-refractivity contribution in [2.24, 2.45) is 5.73 Å². The van der Waals surface area contributed by atoms with Crippen molar-refractivity contribution in [2.45, 2.75) is 25.4 Å². The van der Waals surface area contributed by atoms with E-state index < -0.39 is 30.0 Å². The first kappa shape index (κ1) is 41.3. The molecule has 0 saturated heterocycles. The second kappa shape index (κ2) is 17.6. The van der Waals surface area contributed by atoms with Gasteiger partial charge in [-0.1, -0.05) is 10.3 Å². The Bertz CT molecular complexity index is 2790. The molecule has 0 bridgehead atoms. The number of nitrogens with zero attached hydrogens (tertiary/aromatic N) is 15. The first-order valence-corrected chi connectivity index (χ1v) is 18.3. The molecule has 0 aliphatic heterocycles. The van der Waals surface area contributed by atoms with E-state index in [1.54, 1.807) is 40.1 Å². The zero-order chi connectivity index (χ0) is 43.1. The standard InChI is InChI=1S/C17H11F3N8O2S.C17H9F3N8OS/c18-17(19,20)16-25-15(27-30-16)11-2-1-10(31-11)8-28(13-7-22-3-4-23-13)12-5-9(14(21)29)6-24-26-12;1-21-10-6-13(26-24-7-10)28(14-8-22-4-5-23-14)9-11-2-3-12(30-11)15-25-16(29-27-15)17(18,19)20/h1-7H,8H2,(H2,21,29);2-8H,9H2. The number of primary amides is 1. The van der Waals surface area contributed by atoms with Gasteiger partial charge < -0.3 is 24.6 Å². The summed E-state index contributed by atoms with van der Waals surface area (Å²) in [5, 5.41) is 22.5. The van der Waals surface area contributed by atoms with Gasteiger partial charge in [-0.15, -0.1) is 32.9 Å². The van der Waals surface area contributed by atoms with Crippen LogP contribution >= 0.6 is 22.7 Å². The van der Waals surface area contributed by atoms with Gasteiger partial charge in [0.2, 0.25) is 23.2 Å². The smallest absolute Gasteiger partial charge is 0.366 e. The SMILES string of the molecule is NC(=O)c1cnnc(N(Cc2ccc(-c3noc(C(F)(F)F)n3)s2)c2cnccn2)c1.[C-]#[N+]c1cnnc(N(Cc2ccc(-c3noc(C(F)(F)F)n3)s2)c2cnccn2)c1. The number of amides is 1. The third-order valence-corrected chi connectivity index (χ3v) is 9.75. The van der Waals surface area contributed by atoms with Crippen molar-refractivity contribution in [1.82, 2.24) is 60.6 Å². The monoisotopic (exact) mass is 878 g/mol. The summed E-state index contributed by atoms with van der Waals surface area (Å²) in [7, 11) is 0. The summed E-state index contributed by atoms with van der Waals surface area (Å²) < 4.78 is 84.7. The van der Waals surface area contributed by atoms with E-state index >= 15 is 0 Å². The molecule has 19 nitrogen and oxygen atoms in total. The molecule has 308 valence electrons. The Balaban J connectivity index is 0.000000184. The fraction of sp³-hybridized carbons (Fsp3) is 0.118. The van der Waals surface area contributed by atoms with E-state index in [-0.39, 0.29) is 36.1 Å². The average molecular weight is 879 g/mol. The molecule has 8 rings (SSSR count). The van der Waals surface area contributed by atoms with Crippen molar-refractivity contribution >= 4 is 57.5 Å². The van der Waals surface area contributed by atoms with Gasteiger partial charge in [-0.3, -0.25) is 14.8 Å². The number of alkyl halides is 6. The minimum atomic E-state index is -4.72. The molecule has 1 amide bonds. The number of carbonyl (C=O) groups excluding carboxylic acids is 1. The fourth-order valence-corrected chi connectivity index (χ4v) is 6.78. The van der Waals surface area contributed by atoms with Crippen LogP contribution in [0.2, 0.25) is 0 Å². The van der Waals surface area contributed by atoms with Gasteiger partial charge >= 0.3 is 24.1 Å². The number of thiophene rings is 2. The van der Waals surface area contributed by atoms with Crippen LogP contribution in [0.4, 0.5) is 55.3 Å². The average Bonchev–Trinajstić information content (AvgIpc) is 4.10. The topological polar surface area (TPSA) is 235 Å². The van der Waals surface area contributed by atoms with Crippen molar-refractivity contribution in [3.05, 3.63) is 124 Å². The van der Waals surface area contributed by atoms with Crippen LogP contribution in [-0.4, -0.2) is 66.5 Å². The Morgan fingerprint density at radius 1 is 0.689 bits per heavy atom. The molecule has 2 N–H and O–H groups in total. The number of rotatable bonds is 11. The summed E-state index contributed by atoms with van der Waals surface area (Å²) in [5.74, 6) is -2.30. The molecule has 8 heterocycles. The largest absolute Gasteiger partial charge is 0.471 e. The molecule has 27 heteroatoms. The number of halogens is 6. The number of carbonyl (C=O) groups is 1. The lowest BCUT2D eigenvalue weighted by molar-refractivity contribution is -0.160. The maximum Gasteiger partial charge on any atom is 0.471 e. The van der Waals surface area contributed by atoms with Crippen LogP contribution in [0.3, 0.4) is 0 Å². The number of hydrogen-bond acceptors (Lipinski definition) is 19. The second-order valence-corrected chi connectivity index (χ2v) is 14.1. The summed E-state index contributed by atoms with van der Waals surface area (Å²) in [5.41, 5.74) is 5.77. The van der Waals surface area contributed by atoms with Crippen LogP contribution < -0.4 is 15.5 Å². The van der Waals surface area contributed by atoms with Crippen molar-refractivity contribution in [3.63, 3.8) is 0 Å². The normalized spacial score (nSPS) is 11.4. The molecule has 0 saturated carbocycles. The minimum Gasteiger partial charge on any atom is -0.366 e. The quantitative estimate of drug-likeness (QED) is 0.101. The lowest BCUT2D eigenvalue weighted by Crippen LogP contribution is -2.20. The Kier molecular flexibility index (Phi) is 11.9. The van der Waals surface area contributed by atoms with Gasteiger partial charge in [0, 0.05) is 34.5 Å². The van der Waals surface area contributed by atoms with E-state index in [1.165, 1.54) is 67.0 Å². The lowest BCUT2D eigenvalue weighted by Gasteiger charge is -2.21. The number of nitrogens with two attached hydrogens (primary N) is 1. The van der Waals surface area contributed by atoms with Crippen LogP contribution in [0.15, 0.2) is 95.0 Å². The van der Waals surface area contributed by atoms with Gasteiger partial charge in [-0.05, 0) is 36.4 Å². The molecule has 8 aromatic rings. The molecule has 0 radical (unpaired) electrons. The van der Waals surface area contributed by atoms with E-state index in [0.29, 0.717) is 37.8 Å². The summed E-state index contributed by atoms with van der Waals surface area (Å²) >= 11 is 2.34. The Morgan fingerprint density at radius 3 is 1.61 bits per heavy atom. The number of hydrogen-bond donors (Lipinski definition) is 1. The number of anilines is 4. The van der Waals surface area contributed by atoms with E-state index in [4.69, 9.17) is 12.3 Å². The Hall–Kier alpha value is -7.86. The number of aromatic nitrogens is 12. The van der Waals surface area contributed by atoms with E-state index in [2.05, 4.69) is 74.5 Å². The Labute approximate surface area is 344 Å². The first-order chi connectivity index (χ1) is 29.2. The highest BCUT2D eigenvalue weighted by Crippen LogP contribution is 2.35. The highest BCUT2D eigenvalue weighted by Gasteiger charge is 2.39. The maximum absolute atomic E-state index is 12.7. The fourth-order valence-electron chi connectivity index (χ4n) is 4.94. The van der Waals surface area contributed by atoms with Gasteiger partial charge in [0.25, 0.3) is 0 Å². The summed E-state index contributed by atoms with van der Waals surface area (Å²) in [6.07, 6.45) is 2.14. The lowest BCUT2D eigenvalue weighted by atomic mass is 10.2. The van der Waals surface area contributed by atoms with Crippen LogP contribution in [-0.2, 0) is 25.4 Å². The predicted octanol–water partition coefficient (Wildman–Crippen LogP) is 7.12. The molecule has 0 fully saturated rings. The van der Waals surface area contributed by atoms with Crippen LogP contribution in [0.5, 0.6) is 0 Å². The zero-order valence-electron chi connectivity index (χ0n) is 30.1. The molecular formula is C34H20F6N16O3S2. The van der Waals surface area contributed by atoms with Crippen LogP contribution in [0.1, 0.15) is 31.9 Å². The van der Waals surface area contributed by atoms with Gasteiger partial charge in [0.15, 0.2) is 17.5 Å². The predicted molar refractivity (Wildman–Crippen MR) is 200 cm³/mol. The molecule has 0 spiro atoms. The first-order valence-electron chi connectivity index (χ1n) is 16.6. The molecular weight excluding hydrogens is 859 g/mol. The summed E-state index contributed by atoms with van der Waals surface area (Å²) in [6, 6.07) is 9.59. The third kappa shape index (κ3) is 10.1. The molecule has 61 heavy (non-hydrogen) atoms. The molecule has 0 unspecified atom stereocenters. The van der Waals surface area contributed by atoms with E-state index in [0.717, 1.165) is 16.2 Å². The van der Waals surface area contributed by atoms with Gasteiger partial charge in [0.05, 0.1) is 59.8 Å². The van der Waals surface area contributed by atoms with E-state index in [9.17, 15) is 31.1 Å². The van der Waals surface area contributed by atoms with Crippen LogP contribution in [0, 0.1) is 6.57 Å². The Morgan fingerprint density at radius 2 is 1.18 bits per heavy atom.